The molecule has 0 spiro atoms. The second kappa shape index (κ2) is 5.58. The van der Waals surface area contributed by atoms with E-state index in [9.17, 15) is 0 Å². The maximum Gasteiger partial charge on any atom is 0.126 e. The summed E-state index contributed by atoms with van der Waals surface area (Å²) in [5.41, 5.74) is 2.75. The summed E-state index contributed by atoms with van der Waals surface area (Å²) in [6, 6.07) is 4.85. The van der Waals surface area contributed by atoms with E-state index in [-0.39, 0.29) is 0 Å². The van der Waals surface area contributed by atoms with Crippen molar-refractivity contribution in [3.63, 3.8) is 0 Å². The predicted molar refractivity (Wildman–Crippen MR) is 72.3 cm³/mol. The quantitative estimate of drug-likeness (QED) is 0.850. The van der Waals surface area contributed by atoms with Gasteiger partial charge in [0.25, 0.3) is 0 Å². The number of hydrogen-bond acceptors (Lipinski definition) is 3. The second-order valence-electron chi connectivity index (χ2n) is 4.36. The second-order valence-corrected chi connectivity index (χ2v) is 5.68. The Morgan fingerprint density at radius 3 is 3.12 bits per heavy atom. The van der Waals surface area contributed by atoms with E-state index in [4.69, 9.17) is 0 Å². The fourth-order valence-electron chi connectivity index (χ4n) is 2.09. The summed E-state index contributed by atoms with van der Waals surface area (Å²) in [6.45, 7) is 4.42. The minimum absolute atomic E-state index is 0.497. The van der Waals surface area contributed by atoms with Gasteiger partial charge >= 0.3 is 0 Å². The molecule has 2 rings (SSSR count). The van der Waals surface area contributed by atoms with Crippen LogP contribution in [0.15, 0.2) is 12.1 Å². The van der Waals surface area contributed by atoms with Gasteiger partial charge in [-0.05, 0) is 43.6 Å². The summed E-state index contributed by atoms with van der Waals surface area (Å²) < 4.78 is 0. The van der Waals surface area contributed by atoms with Crippen LogP contribution in [0.1, 0.15) is 31.5 Å². The summed E-state index contributed by atoms with van der Waals surface area (Å²) in [4.78, 5) is 4.68. The van der Waals surface area contributed by atoms with Crippen LogP contribution in [-0.2, 0) is 12.8 Å². The number of hydrogen-bond donors (Lipinski definition) is 1. The van der Waals surface area contributed by atoms with Gasteiger partial charge in [0, 0.05) is 17.5 Å². The number of anilines is 1. The van der Waals surface area contributed by atoms with Gasteiger partial charge in [-0.15, -0.1) is 0 Å². The highest BCUT2D eigenvalue weighted by atomic mass is 32.2. The molecule has 1 aliphatic carbocycles. The molecule has 3 heteroatoms. The number of aryl methyl sites for hydroxylation is 2. The van der Waals surface area contributed by atoms with Gasteiger partial charge in [-0.3, -0.25) is 0 Å². The fraction of sp³-hybridized carbons (Fsp3) is 0.615. The highest BCUT2D eigenvalue weighted by molar-refractivity contribution is 7.99. The molecule has 1 aliphatic rings. The topological polar surface area (TPSA) is 24.9 Å². The molecule has 0 saturated carbocycles. The number of nitrogens with zero attached hydrogens (tertiary/aromatic N) is 1. The van der Waals surface area contributed by atoms with E-state index in [1.165, 1.54) is 29.9 Å². The monoisotopic (exact) mass is 236 g/mol. The maximum absolute atomic E-state index is 4.68. The largest absolute Gasteiger partial charge is 0.367 e. The van der Waals surface area contributed by atoms with Gasteiger partial charge in [0.15, 0.2) is 0 Å². The SMILES string of the molecule is CCSCC(C)Nc1ccc2c(n1)CCC2. The molecule has 0 aliphatic heterocycles. The van der Waals surface area contributed by atoms with Crippen molar-refractivity contribution in [2.75, 3.05) is 16.8 Å². The van der Waals surface area contributed by atoms with Crippen molar-refractivity contribution in [1.29, 1.82) is 0 Å². The summed E-state index contributed by atoms with van der Waals surface area (Å²) in [5.74, 6) is 3.38. The van der Waals surface area contributed by atoms with Crippen molar-refractivity contribution < 1.29 is 0 Å². The zero-order valence-electron chi connectivity index (χ0n) is 10.1. The summed E-state index contributed by atoms with van der Waals surface area (Å²) >= 11 is 1.97. The van der Waals surface area contributed by atoms with E-state index in [0.29, 0.717) is 6.04 Å². The van der Waals surface area contributed by atoms with Crippen molar-refractivity contribution >= 4 is 17.6 Å². The lowest BCUT2D eigenvalue weighted by Gasteiger charge is -2.14. The van der Waals surface area contributed by atoms with Crippen LogP contribution in [0, 0.1) is 0 Å². The Morgan fingerprint density at radius 1 is 1.44 bits per heavy atom. The van der Waals surface area contributed by atoms with E-state index in [1.807, 2.05) is 11.8 Å². The summed E-state index contributed by atoms with van der Waals surface area (Å²) in [6.07, 6.45) is 3.64. The summed E-state index contributed by atoms with van der Waals surface area (Å²) in [5, 5.41) is 3.47. The van der Waals surface area contributed by atoms with Crippen molar-refractivity contribution in [3.05, 3.63) is 23.4 Å². The number of pyridine rings is 1. The number of thioether (sulfide) groups is 1. The van der Waals surface area contributed by atoms with Crippen LogP contribution in [-0.4, -0.2) is 22.5 Å². The van der Waals surface area contributed by atoms with Crippen LogP contribution in [0.2, 0.25) is 0 Å². The minimum Gasteiger partial charge on any atom is -0.367 e. The van der Waals surface area contributed by atoms with Gasteiger partial charge in [-0.1, -0.05) is 13.0 Å². The van der Waals surface area contributed by atoms with Gasteiger partial charge in [0.1, 0.15) is 5.82 Å². The van der Waals surface area contributed by atoms with Crippen LogP contribution in [0.4, 0.5) is 5.82 Å². The van der Waals surface area contributed by atoms with Crippen LogP contribution in [0.25, 0.3) is 0 Å². The zero-order chi connectivity index (χ0) is 11.4. The number of nitrogens with one attached hydrogen (secondary N) is 1. The molecule has 88 valence electrons. The number of rotatable bonds is 5. The molecule has 1 aromatic heterocycles. The number of aromatic nitrogens is 1. The lowest BCUT2D eigenvalue weighted by atomic mass is 10.2. The Kier molecular flexibility index (Phi) is 4.10. The van der Waals surface area contributed by atoms with E-state index in [0.717, 1.165) is 18.0 Å². The first-order chi connectivity index (χ1) is 7.79. The first-order valence-electron chi connectivity index (χ1n) is 6.12. The van der Waals surface area contributed by atoms with Gasteiger partial charge in [0.05, 0.1) is 0 Å². The van der Waals surface area contributed by atoms with Crippen molar-refractivity contribution in [2.45, 2.75) is 39.2 Å². The normalized spacial score (nSPS) is 15.9. The standard InChI is InChI=1S/C13H20N2S/c1-3-16-9-10(2)14-13-8-7-11-5-4-6-12(11)15-13/h7-8,10H,3-6,9H2,1-2H3,(H,14,15). The molecule has 1 unspecified atom stereocenters. The Labute approximate surface area is 102 Å². The molecule has 1 N–H and O–H groups in total. The Bertz CT molecular complexity index is 352. The molecule has 0 fully saturated rings. The lowest BCUT2D eigenvalue weighted by Crippen LogP contribution is -2.19. The first-order valence-corrected chi connectivity index (χ1v) is 7.28. The average Bonchev–Trinajstić information content (AvgIpc) is 2.73. The predicted octanol–water partition coefficient (Wildman–Crippen LogP) is 3.12. The van der Waals surface area contributed by atoms with Crippen molar-refractivity contribution in [1.82, 2.24) is 4.98 Å². The van der Waals surface area contributed by atoms with Crippen LogP contribution >= 0.6 is 11.8 Å². The van der Waals surface area contributed by atoms with Crippen molar-refractivity contribution in [3.8, 4) is 0 Å². The van der Waals surface area contributed by atoms with Crippen molar-refractivity contribution in [2.24, 2.45) is 0 Å². The van der Waals surface area contributed by atoms with E-state index in [2.05, 4.69) is 36.3 Å². The maximum atomic E-state index is 4.68. The van der Waals surface area contributed by atoms with E-state index in [1.54, 1.807) is 0 Å². The molecule has 0 radical (unpaired) electrons. The molecule has 0 aromatic carbocycles. The van der Waals surface area contributed by atoms with Gasteiger partial charge in [0.2, 0.25) is 0 Å². The molecular weight excluding hydrogens is 216 g/mol. The van der Waals surface area contributed by atoms with Crippen LogP contribution < -0.4 is 5.32 Å². The van der Waals surface area contributed by atoms with Gasteiger partial charge in [-0.2, -0.15) is 11.8 Å². The molecule has 0 saturated heterocycles. The number of fused-ring (bicyclic) bond motifs is 1. The molecule has 1 aromatic rings. The van der Waals surface area contributed by atoms with Gasteiger partial charge in [-0.25, -0.2) is 4.98 Å². The Balaban J connectivity index is 1.94. The molecule has 0 amide bonds. The molecule has 2 nitrogen and oxygen atoms in total. The molecule has 16 heavy (non-hydrogen) atoms. The summed E-state index contributed by atoms with van der Waals surface area (Å²) in [7, 11) is 0. The Morgan fingerprint density at radius 2 is 2.31 bits per heavy atom. The van der Waals surface area contributed by atoms with Crippen LogP contribution in [0.5, 0.6) is 0 Å². The Hall–Kier alpha value is -0.700. The zero-order valence-corrected chi connectivity index (χ0v) is 10.9. The highest BCUT2D eigenvalue weighted by Crippen LogP contribution is 2.22. The minimum atomic E-state index is 0.497. The van der Waals surface area contributed by atoms with E-state index >= 15 is 0 Å². The van der Waals surface area contributed by atoms with Gasteiger partial charge < -0.3 is 5.32 Å². The first kappa shape index (κ1) is 11.8. The molecular formula is C13H20N2S. The third-order valence-corrected chi connectivity index (χ3v) is 4.04. The van der Waals surface area contributed by atoms with Crippen LogP contribution in [0.3, 0.4) is 0 Å². The smallest absolute Gasteiger partial charge is 0.126 e. The molecule has 1 heterocycles. The lowest BCUT2D eigenvalue weighted by molar-refractivity contribution is 0.884. The third kappa shape index (κ3) is 2.91. The third-order valence-electron chi connectivity index (χ3n) is 2.89. The molecule has 0 bridgehead atoms. The molecule has 1 atom stereocenters. The fourth-order valence-corrected chi connectivity index (χ4v) is 2.76. The highest BCUT2D eigenvalue weighted by Gasteiger charge is 2.12. The van der Waals surface area contributed by atoms with E-state index < -0.39 is 0 Å². The average molecular weight is 236 g/mol.